The smallest absolute Gasteiger partial charge is 0.159 e. The van der Waals surface area contributed by atoms with Gasteiger partial charge in [0, 0.05) is 38.0 Å². The molecule has 2 aromatic carbocycles. The van der Waals surface area contributed by atoms with Gasteiger partial charge in [-0.05, 0) is 85.8 Å². The zero-order valence-corrected chi connectivity index (χ0v) is 20.7. The number of aryl methyl sites for hydroxylation is 2. The van der Waals surface area contributed by atoms with E-state index in [-0.39, 0.29) is 0 Å². The first-order chi connectivity index (χ1) is 17.1. The lowest BCUT2D eigenvalue weighted by molar-refractivity contribution is 0.209. The molecule has 0 bridgehead atoms. The molecular weight excluding hydrogens is 436 g/mol. The summed E-state index contributed by atoms with van der Waals surface area (Å²) in [6, 6.07) is 10.4. The number of phenols is 1. The molecule has 0 radical (unpaired) electrons. The van der Waals surface area contributed by atoms with Gasteiger partial charge in [0.2, 0.25) is 0 Å². The summed E-state index contributed by atoms with van der Waals surface area (Å²) in [6.07, 6.45) is 4.55. The number of likely N-dealkylation sites (tertiary alicyclic amines) is 1. The molecule has 0 saturated carbocycles. The monoisotopic (exact) mass is 470 g/mol. The zero-order valence-electron chi connectivity index (χ0n) is 20.7. The fourth-order valence-electron chi connectivity index (χ4n) is 5.61. The molecule has 6 rings (SSSR count). The van der Waals surface area contributed by atoms with Gasteiger partial charge < -0.3 is 15.0 Å². The number of benzene rings is 2. The Hall–Kier alpha value is -3.16. The van der Waals surface area contributed by atoms with Crippen LogP contribution in [0.1, 0.15) is 42.3 Å². The minimum Gasteiger partial charge on any atom is -0.508 e. The zero-order chi connectivity index (χ0) is 23.9. The third-order valence-electron chi connectivity index (χ3n) is 7.74. The van der Waals surface area contributed by atoms with E-state index in [9.17, 15) is 5.11 Å². The number of rotatable bonds is 6. The van der Waals surface area contributed by atoms with Crippen molar-refractivity contribution in [2.45, 2.75) is 46.1 Å². The quantitative estimate of drug-likeness (QED) is 0.382. The summed E-state index contributed by atoms with van der Waals surface area (Å²) >= 11 is 0. The maximum Gasteiger partial charge on any atom is 0.159 e. The van der Waals surface area contributed by atoms with Gasteiger partial charge in [-0.1, -0.05) is 13.0 Å². The van der Waals surface area contributed by atoms with Crippen LogP contribution in [0.5, 0.6) is 5.75 Å². The summed E-state index contributed by atoms with van der Waals surface area (Å²) < 4.78 is 0. The molecule has 1 saturated heterocycles. The van der Waals surface area contributed by atoms with Gasteiger partial charge in [-0.2, -0.15) is 5.10 Å². The summed E-state index contributed by atoms with van der Waals surface area (Å²) in [5.41, 5.74) is 8.58. The lowest BCUT2D eigenvalue weighted by atomic mass is 9.95. The van der Waals surface area contributed by atoms with Crippen LogP contribution < -0.4 is 0 Å². The molecule has 3 N–H and O–H groups in total. The third kappa shape index (κ3) is 4.23. The average Bonchev–Trinajstić information content (AvgIpc) is 3.62. The summed E-state index contributed by atoms with van der Waals surface area (Å²) in [6.45, 7) is 10.9. The van der Waals surface area contributed by atoms with Gasteiger partial charge in [-0.25, -0.2) is 4.98 Å². The van der Waals surface area contributed by atoms with E-state index in [1.807, 2.05) is 13.0 Å². The summed E-state index contributed by atoms with van der Waals surface area (Å²) in [4.78, 5) is 13.7. The van der Waals surface area contributed by atoms with Crippen LogP contribution >= 0.6 is 0 Å². The molecule has 2 aromatic heterocycles. The van der Waals surface area contributed by atoms with Crippen molar-refractivity contribution in [1.29, 1.82) is 0 Å². The normalized spacial score (nSPS) is 16.9. The molecule has 4 heterocycles. The fraction of sp³-hybridized carbons (Fsp3) is 0.429. The van der Waals surface area contributed by atoms with Gasteiger partial charge in [0.1, 0.15) is 11.4 Å². The van der Waals surface area contributed by atoms with Crippen LogP contribution in [-0.4, -0.2) is 67.8 Å². The highest BCUT2D eigenvalue weighted by Crippen LogP contribution is 2.34. The Labute approximate surface area is 206 Å². The van der Waals surface area contributed by atoms with Crippen molar-refractivity contribution in [2.75, 3.05) is 32.7 Å². The van der Waals surface area contributed by atoms with Gasteiger partial charge in [0.25, 0.3) is 0 Å². The Morgan fingerprint density at radius 1 is 1.03 bits per heavy atom. The molecule has 0 spiro atoms. The van der Waals surface area contributed by atoms with Crippen LogP contribution in [-0.2, 0) is 19.4 Å². The Morgan fingerprint density at radius 3 is 2.69 bits per heavy atom. The van der Waals surface area contributed by atoms with Gasteiger partial charge in [0.05, 0.1) is 16.9 Å². The maximum absolute atomic E-state index is 10.1. The standard InChI is InChI=1S/C28H34N6O/c1-3-19-16-26(35)18(2)14-22(19)20-6-7-21-24(15-20)31-32-27(21)28-29-23-8-11-34(17-25(23)30-28)13-12-33-9-4-5-10-33/h6-7,14-16,35H,3-5,8-13,17H2,1-2H3,(H,29,30)(H,31,32). The Morgan fingerprint density at radius 2 is 1.86 bits per heavy atom. The highest BCUT2D eigenvalue weighted by atomic mass is 16.3. The summed E-state index contributed by atoms with van der Waals surface area (Å²) in [5.74, 6) is 1.21. The van der Waals surface area contributed by atoms with E-state index in [0.717, 1.165) is 77.2 Å². The molecule has 0 aliphatic carbocycles. The lowest BCUT2D eigenvalue weighted by Crippen LogP contribution is -2.37. The van der Waals surface area contributed by atoms with Crippen LogP contribution in [0.2, 0.25) is 0 Å². The first kappa shape index (κ1) is 22.3. The average molecular weight is 471 g/mol. The van der Waals surface area contributed by atoms with E-state index < -0.39 is 0 Å². The van der Waals surface area contributed by atoms with Gasteiger partial charge in [-0.15, -0.1) is 0 Å². The van der Waals surface area contributed by atoms with E-state index in [2.05, 4.69) is 56.2 Å². The van der Waals surface area contributed by atoms with Crippen molar-refractivity contribution < 1.29 is 5.11 Å². The van der Waals surface area contributed by atoms with Crippen LogP contribution in [0, 0.1) is 6.92 Å². The predicted octanol–water partition coefficient (Wildman–Crippen LogP) is 4.65. The Balaban J connectivity index is 1.24. The largest absolute Gasteiger partial charge is 0.508 e. The molecule has 0 amide bonds. The third-order valence-corrected chi connectivity index (χ3v) is 7.74. The maximum atomic E-state index is 10.1. The van der Waals surface area contributed by atoms with Crippen molar-refractivity contribution in [1.82, 2.24) is 30.0 Å². The fourth-order valence-corrected chi connectivity index (χ4v) is 5.61. The minimum absolute atomic E-state index is 0.354. The number of aromatic hydroxyl groups is 1. The SMILES string of the molecule is CCc1cc(O)c(C)cc1-c1ccc2c(-c3nc4c([nH]3)CN(CCN3CCCC3)CC4)n[nH]c2c1. The molecular formula is C28H34N6O. The topological polar surface area (TPSA) is 84.1 Å². The van der Waals surface area contributed by atoms with Crippen molar-refractivity contribution in [3.63, 3.8) is 0 Å². The van der Waals surface area contributed by atoms with Gasteiger partial charge in [-0.3, -0.25) is 10.00 Å². The number of hydrogen-bond acceptors (Lipinski definition) is 5. The van der Waals surface area contributed by atoms with E-state index in [4.69, 9.17) is 4.98 Å². The number of nitrogens with one attached hydrogen (secondary N) is 2. The molecule has 0 unspecified atom stereocenters. The number of aromatic amines is 2. The summed E-state index contributed by atoms with van der Waals surface area (Å²) in [7, 11) is 0. The van der Waals surface area contributed by atoms with Crippen LogP contribution in [0.4, 0.5) is 0 Å². The minimum atomic E-state index is 0.354. The number of hydrogen-bond donors (Lipinski definition) is 3. The number of aromatic nitrogens is 4. The van der Waals surface area contributed by atoms with Crippen molar-refractivity contribution in [2.24, 2.45) is 0 Å². The predicted molar refractivity (Wildman–Crippen MR) is 140 cm³/mol. The van der Waals surface area contributed by atoms with Crippen LogP contribution in [0.3, 0.4) is 0 Å². The molecule has 7 nitrogen and oxygen atoms in total. The van der Waals surface area contributed by atoms with Crippen LogP contribution in [0.25, 0.3) is 33.5 Å². The van der Waals surface area contributed by atoms with Gasteiger partial charge in [0.15, 0.2) is 5.82 Å². The molecule has 1 fully saturated rings. The highest BCUT2D eigenvalue weighted by molar-refractivity contribution is 5.94. The molecule has 4 aromatic rings. The van der Waals surface area contributed by atoms with Crippen molar-refractivity contribution in [3.8, 4) is 28.4 Å². The van der Waals surface area contributed by atoms with Crippen molar-refractivity contribution in [3.05, 3.63) is 52.8 Å². The van der Waals surface area contributed by atoms with Crippen LogP contribution in [0.15, 0.2) is 30.3 Å². The van der Waals surface area contributed by atoms with Crippen molar-refractivity contribution >= 4 is 10.9 Å². The number of nitrogens with zero attached hydrogens (tertiary/aromatic N) is 4. The highest BCUT2D eigenvalue weighted by Gasteiger charge is 2.23. The number of fused-ring (bicyclic) bond motifs is 2. The molecule has 2 aliphatic heterocycles. The van der Waals surface area contributed by atoms with E-state index in [1.165, 1.54) is 43.9 Å². The molecule has 2 aliphatic rings. The number of phenolic OH excluding ortho intramolecular Hbond substituents is 1. The molecule has 0 atom stereocenters. The first-order valence-electron chi connectivity index (χ1n) is 12.9. The number of imidazole rings is 1. The number of H-pyrrole nitrogens is 2. The molecule has 182 valence electrons. The second-order valence-corrected chi connectivity index (χ2v) is 10.1. The molecule has 7 heteroatoms. The van der Waals surface area contributed by atoms with E-state index in [0.29, 0.717) is 5.75 Å². The Kier molecular flexibility index (Phi) is 5.82. The van der Waals surface area contributed by atoms with Gasteiger partial charge >= 0.3 is 0 Å². The van der Waals surface area contributed by atoms with E-state index >= 15 is 0 Å². The second-order valence-electron chi connectivity index (χ2n) is 10.1. The Bertz CT molecular complexity index is 1360. The lowest BCUT2D eigenvalue weighted by Gasteiger charge is -2.27. The molecule has 35 heavy (non-hydrogen) atoms. The first-order valence-corrected chi connectivity index (χ1v) is 12.9. The summed E-state index contributed by atoms with van der Waals surface area (Å²) in [5, 5.41) is 19.1. The second kappa shape index (κ2) is 9.13. The van der Waals surface area contributed by atoms with E-state index in [1.54, 1.807) is 0 Å².